The lowest BCUT2D eigenvalue weighted by Crippen LogP contribution is -2.45. The maximum atomic E-state index is 11.2. The van der Waals surface area contributed by atoms with Crippen LogP contribution < -0.4 is 32.5 Å². The Kier molecular flexibility index (Phi) is 24.9. The first-order chi connectivity index (χ1) is 19.1. The van der Waals surface area contributed by atoms with E-state index in [0.29, 0.717) is 12.0 Å². The third kappa shape index (κ3) is 26.7. The van der Waals surface area contributed by atoms with E-state index in [1.165, 1.54) is 11.1 Å². The zero-order chi connectivity index (χ0) is 30.6. The molecule has 0 aromatic heterocycles. The molecule has 4 amide bonds. The van der Waals surface area contributed by atoms with Gasteiger partial charge in [0.05, 0.1) is 39.8 Å². The number of phenols is 1. The van der Waals surface area contributed by atoms with Crippen LogP contribution in [0.4, 0.5) is 0 Å². The molecule has 0 heterocycles. The van der Waals surface area contributed by atoms with Crippen LogP contribution in [-0.2, 0) is 28.8 Å². The van der Waals surface area contributed by atoms with Crippen LogP contribution in [0.25, 0.3) is 0 Å². The second-order valence-electron chi connectivity index (χ2n) is 7.70. The normalized spacial score (nSPS) is 9.03. The lowest BCUT2D eigenvalue weighted by molar-refractivity contribution is -0.128. The zero-order valence-electron chi connectivity index (χ0n) is 23.5. The van der Waals surface area contributed by atoms with E-state index in [1.54, 1.807) is 19.2 Å². The highest BCUT2D eigenvalue weighted by molar-refractivity contribution is 5.90. The summed E-state index contributed by atoms with van der Waals surface area (Å²) < 4.78 is 0. The van der Waals surface area contributed by atoms with Gasteiger partial charge in [-0.2, -0.15) is 0 Å². The summed E-state index contributed by atoms with van der Waals surface area (Å²) in [5.41, 5.74) is 10.1. The van der Waals surface area contributed by atoms with Gasteiger partial charge in [0.25, 0.3) is 0 Å². The Labute approximate surface area is 235 Å². The molecule has 0 unspecified atom stereocenters. The van der Waals surface area contributed by atoms with Crippen molar-refractivity contribution in [2.45, 2.75) is 20.8 Å². The van der Waals surface area contributed by atoms with E-state index in [0.717, 1.165) is 6.54 Å². The van der Waals surface area contributed by atoms with Gasteiger partial charge in [0.2, 0.25) is 23.6 Å². The highest BCUT2D eigenvalue weighted by Gasteiger charge is 2.08. The predicted octanol–water partition coefficient (Wildman–Crippen LogP) is -0.538. The Morgan fingerprint density at radius 2 is 1.23 bits per heavy atom. The summed E-state index contributed by atoms with van der Waals surface area (Å²) >= 11 is 0. The molecule has 8 N–H and O–H groups in total. The van der Waals surface area contributed by atoms with Crippen molar-refractivity contribution in [3.8, 4) is 5.75 Å². The molecule has 0 saturated heterocycles. The summed E-state index contributed by atoms with van der Waals surface area (Å²) in [4.78, 5) is 58.6. The van der Waals surface area contributed by atoms with Crippen LogP contribution in [0, 0.1) is 13.8 Å². The van der Waals surface area contributed by atoms with Crippen LogP contribution >= 0.6 is 0 Å². The Morgan fingerprint density at radius 1 is 0.775 bits per heavy atom. The van der Waals surface area contributed by atoms with Crippen molar-refractivity contribution < 1.29 is 33.9 Å². The van der Waals surface area contributed by atoms with Crippen LogP contribution in [0.15, 0.2) is 54.6 Å². The molecule has 222 valence electrons. The predicted molar refractivity (Wildman–Crippen MR) is 152 cm³/mol. The first-order valence-corrected chi connectivity index (χ1v) is 12.3. The van der Waals surface area contributed by atoms with E-state index in [9.17, 15) is 24.0 Å². The van der Waals surface area contributed by atoms with E-state index in [1.807, 2.05) is 44.2 Å². The summed E-state index contributed by atoms with van der Waals surface area (Å²) in [7, 11) is 1.60. The fourth-order valence-corrected chi connectivity index (χ4v) is 2.18. The molecule has 0 fully saturated rings. The van der Waals surface area contributed by atoms with Gasteiger partial charge >= 0.3 is 0 Å². The molecule has 0 radical (unpaired) electrons. The molecular weight excluding hydrogens is 520 g/mol. The molecular formula is C27H42N6O7. The molecule has 2 aromatic rings. The minimum atomic E-state index is -0.579. The maximum Gasteiger partial charge on any atom is 0.239 e. The van der Waals surface area contributed by atoms with E-state index in [-0.39, 0.29) is 32.7 Å². The van der Waals surface area contributed by atoms with Gasteiger partial charge in [-0.1, -0.05) is 60.5 Å². The van der Waals surface area contributed by atoms with Crippen LogP contribution in [0.2, 0.25) is 0 Å². The van der Waals surface area contributed by atoms with Crippen molar-refractivity contribution in [1.29, 1.82) is 0 Å². The van der Waals surface area contributed by atoms with E-state index in [4.69, 9.17) is 10.8 Å². The number of nitrogens with two attached hydrogens (primary N) is 1. The number of aldehydes is 1. The first-order valence-electron chi connectivity index (χ1n) is 12.3. The lowest BCUT2D eigenvalue weighted by atomic mass is 10.2. The number of carbonyl (C=O) groups is 5. The molecule has 13 nitrogen and oxygen atoms in total. The lowest BCUT2D eigenvalue weighted by Gasteiger charge is -2.07. The smallest absolute Gasteiger partial charge is 0.239 e. The number of aromatic hydroxyl groups is 1. The molecule has 0 saturated carbocycles. The number of benzene rings is 2. The van der Waals surface area contributed by atoms with Crippen LogP contribution in [-0.4, -0.2) is 81.4 Å². The van der Waals surface area contributed by atoms with Crippen LogP contribution in [0.5, 0.6) is 5.75 Å². The van der Waals surface area contributed by atoms with Crippen molar-refractivity contribution in [3.05, 3.63) is 65.7 Å². The largest absolute Gasteiger partial charge is 0.508 e. The standard InChI is InChI=1S/C10H17N5O5.C7H8O.C7H8.C3H9NO/c11-3-7(17)13-5-9(19)15-6-10(20)14-4-8(18)12-1-2-16;1-6-2-4-7(8)5-3-6;1-7-5-3-2-4-6-7;1-3-4-5-2/h2H,1,3-6,11H2,(H,12,18)(H,13,17)(H,14,20)(H,15,19);2-5,8H,1H3;2-6H,1H3;4H,3H2,1-2H3. The van der Waals surface area contributed by atoms with Crippen molar-refractivity contribution in [2.75, 3.05) is 46.4 Å². The average molecular weight is 563 g/mol. The van der Waals surface area contributed by atoms with Crippen LogP contribution in [0.1, 0.15) is 18.1 Å². The first kappa shape index (κ1) is 37.8. The van der Waals surface area contributed by atoms with Crippen LogP contribution in [0.3, 0.4) is 0 Å². The summed E-state index contributed by atoms with van der Waals surface area (Å²) in [6, 6.07) is 17.4. The van der Waals surface area contributed by atoms with Crippen molar-refractivity contribution in [1.82, 2.24) is 26.7 Å². The number of rotatable bonds is 11. The van der Waals surface area contributed by atoms with Gasteiger partial charge in [-0.25, -0.2) is 5.48 Å². The minimum absolute atomic E-state index is 0.133. The van der Waals surface area contributed by atoms with E-state index < -0.39 is 23.6 Å². The molecule has 40 heavy (non-hydrogen) atoms. The maximum absolute atomic E-state index is 11.2. The molecule has 0 aliphatic carbocycles. The molecule has 0 aliphatic heterocycles. The summed E-state index contributed by atoms with van der Waals surface area (Å²) in [6.07, 6.45) is 0.510. The highest BCUT2D eigenvalue weighted by atomic mass is 16.6. The van der Waals surface area contributed by atoms with Gasteiger partial charge in [0, 0.05) is 6.54 Å². The number of aryl methyl sites for hydroxylation is 2. The Morgan fingerprint density at radius 3 is 1.55 bits per heavy atom. The fourth-order valence-electron chi connectivity index (χ4n) is 2.18. The number of amides is 4. The van der Waals surface area contributed by atoms with Crippen molar-refractivity contribution in [3.63, 3.8) is 0 Å². The summed E-state index contributed by atoms with van der Waals surface area (Å²) in [5, 5.41) is 17.7. The van der Waals surface area contributed by atoms with Gasteiger partial charge in [0.15, 0.2) is 0 Å². The van der Waals surface area contributed by atoms with Crippen molar-refractivity contribution >= 4 is 29.9 Å². The molecule has 2 rings (SSSR count). The van der Waals surface area contributed by atoms with Gasteiger partial charge in [-0.15, -0.1) is 0 Å². The summed E-state index contributed by atoms with van der Waals surface area (Å²) in [6.45, 7) is 5.63. The topological polar surface area (TPSA) is 201 Å². The number of hydroxylamine groups is 1. The number of nitrogens with one attached hydrogen (secondary N) is 5. The SMILES string of the molecule is CCNOC.Cc1ccc(O)cc1.Cc1ccccc1.NCC(=O)NCC(=O)NCC(=O)NCC(=O)NCC=O. The van der Waals surface area contributed by atoms with Gasteiger partial charge in [0.1, 0.15) is 12.0 Å². The molecule has 13 heteroatoms. The second-order valence-corrected chi connectivity index (χ2v) is 7.70. The summed E-state index contributed by atoms with van der Waals surface area (Å²) in [5.74, 6) is -1.82. The fraction of sp³-hybridized carbons (Fsp3) is 0.370. The number of hydrogen-bond acceptors (Lipinski definition) is 9. The monoisotopic (exact) mass is 562 g/mol. The minimum Gasteiger partial charge on any atom is -0.508 e. The van der Waals surface area contributed by atoms with E-state index >= 15 is 0 Å². The van der Waals surface area contributed by atoms with Gasteiger partial charge in [-0.05, 0) is 26.0 Å². The third-order valence-electron chi connectivity index (χ3n) is 4.17. The molecule has 0 bridgehead atoms. The second kappa shape index (κ2) is 26.3. The number of carbonyl (C=O) groups excluding carboxylic acids is 5. The molecule has 0 atom stereocenters. The molecule has 0 spiro atoms. The number of phenolic OH excluding ortho intramolecular Hbond substituents is 1. The third-order valence-corrected chi connectivity index (χ3v) is 4.17. The quantitative estimate of drug-likeness (QED) is 0.139. The Balaban J connectivity index is 0. The Hall–Kier alpha value is -4.33. The molecule has 0 aliphatic rings. The van der Waals surface area contributed by atoms with Gasteiger partial charge < -0.3 is 41.7 Å². The van der Waals surface area contributed by atoms with Gasteiger partial charge in [-0.3, -0.25) is 19.2 Å². The Bertz CT molecular complexity index is 950. The van der Waals surface area contributed by atoms with Crippen molar-refractivity contribution in [2.24, 2.45) is 5.73 Å². The van der Waals surface area contributed by atoms with E-state index in [2.05, 4.69) is 50.6 Å². The number of hydrogen-bond donors (Lipinski definition) is 7. The molecule has 2 aromatic carbocycles. The zero-order valence-corrected chi connectivity index (χ0v) is 23.5. The highest BCUT2D eigenvalue weighted by Crippen LogP contribution is 2.07. The average Bonchev–Trinajstić information content (AvgIpc) is 2.96.